The van der Waals surface area contributed by atoms with Crippen molar-refractivity contribution in [3.05, 3.63) is 65.5 Å². The Balaban J connectivity index is 1.48. The average Bonchev–Trinajstić information content (AvgIpc) is 3.58. The summed E-state index contributed by atoms with van der Waals surface area (Å²) in [6, 6.07) is 7.10. The molecule has 43 heavy (non-hydrogen) atoms. The van der Waals surface area contributed by atoms with Gasteiger partial charge in [-0.2, -0.15) is 13.2 Å². The van der Waals surface area contributed by atoms with E-state index in [9.17, 15) is 31.2 Å². The molecule has 2 aromatic carbocycles. The van der Waals surface area contributed by atoms with Gasteiger partial charge in [0.05, 0.1) is 41.5 Å². The van der Waals surface area contributed by atoms with Crippen LogP contribution in [0.1, 0.15) is 49.2 Å². The minimum Gasteiger partial charge on any atom is -0.487 e. The van der Waals surface area contributed by atoms with E-state index in [1.165, 1.54) is 30.1 Å². The zero-order valence-electron chi connectivity index (χ0n) is 23.0. The predicted molar refractivity (Wildman–Crippen MR) is 148 cm³/mol. The van der Waals surface area contributed by atoms with Crippen molar-refractivity contribution in [2.24, 2.45) is 11.1 Å². The maximum Gasteiger partial charge on any atom is 0.416 e. The molecule has 0 aliphatic rings. The zero-order valence-corrected chi connectivity index (χ0v) is 24.7. The van der Waals surface area contributed by atoms with E-state index in [1.807, 2.05) is 0 Å². The third-order valence-electron chi connectivity index (χ3n) is 6.27. The second-order valence-electron chi connectivity index (χ2n) is 9.78. The number of amides is 1. The number of thiazole rings is 1. The number of nitrogens with zero attached hydrogens (tertiary/aromatic N) is 4. The van der Waals surface area contributed by atoms with Gasteiger partial charge in [-0.05, 0) is 41.8 Å². The van der Waals surface area contributed by atoms with Crippen LogP contribution in [0.5, 0.6) is 5.75 Å². The van der Waals surface area contributed by atoms with Crippen molar-refractivity contribution in [1.82, 2.24) is 25.3 Å². The van der Waals surface area contributed by atoms with Gasteiger partial charge in [0.2, 0.25) is 10.2 Å². The van der Waals surface area contributed by atoms with E-state index in [2.05, 4.69) is 20.6 Å². The minimum absolute atomic E-state index is 0.0324. The van der Waals surface area contributed by atoms with Crippen molar-refractivity contribution >= 4 is 43.5 Å². The number of carbonyl (C=O) groups is 2. The number of aromatic nitrogens is 4. The van der Waals surface area contributed by atoms with E-state index in [4.69, 9.17) is 14.6 Å². The maximum atomic E-state index is 13.4. The van der Waals surface area contributed by atoms with Crippen LogP contribution in [0.4, 0.5) is 13.2 Å². The van der Waals surface area contributed by atoms with Crippen LogP contribution in [-0.2, 0) is 37.1 Å². The molecule has 0 spiro atoms. The lowest BCUT2D eigenvalue weighted by Gasteiger charge is -2.25. The number of fused-ring (bicyclic) bond motifs is 1. The number of carbonyl (C=O) groups excluding carboxylic acids is 2. The van der Waals surface area contributed by atoms with Crippen LogP contribution in [0, 0.1) is 5.92 Å². The summed E-state index contributed by atoms with van der Waals surface area (Å²) in [6.07, 6.45) is -3.33. The molecule has 0 radical (unpaired) electrons. The number of alkyl halides is 3. The van der Waals surface area contributed by atoms with Crippen LogP contribution < -0.4 is 15.2 Å². The van der Waals surface area contributed by atoms with Crippen molar-refractivity contribution in [2.45, 2.75) is 49.5 Å². The van der Waals surface area contributed by atoms with Gasteiger partial charge in [-0.25, -0.2) is 23.2 Å². The van der Waals surface area contributed by atoms with Crippen molar-refractivity contribution in [3.63, 3.8) is 0 Å². The van der Waals surface area contributed by atoms with E-state index in [1.54, 1.807) is 32.0 Å². The molecule has 3 N–H and O–H groups in total. The zero-order chi connectivity index (χ0) is 31.5. The van der Waals surface area contributed by atoms with Gasteiger partial charge < -0.3 is 14.8 Å². The van der Waals surface area contributed by atoms with Crippen molar-refractivity contribution in [1.29, 1.82) is 0 Å². The van der Waals surface area contributed by atoms with Gasteiger partial charge in [0.25, 0.3) is 10.0 Å². The van der Waals surface area contributed by atoms with Gasteiger partial charge in [0, 0.05) is 0 Å². The molecule has 0 fully saturated rings. The lowest BCUT2D eigenvalue weighted by Crippen LogP contribution is -2.38. The highest BCUT2D eigenvalue weighted by Gasteiger charge is 2.32. The normalized spacial score (nSPS) is 13.6. The van der Waals surface area contributed by atoms with Crippen LogP contribution in [0.15, 0.2) is 53.0 Å². The number of esters is 1. The van der Waals surface area contributed by atoms with Gasteiger partial charge in [0.1, 0.15) is 24.1 Å². The summed E-state index contributed by atoms with van der Waals surface area (Å²) < 4.78 is 74.4. The number of halogens is 3. The fourth-order valence-electron chi connectivity index (χ4n) is 4.16. The van der Waals surface area contributed by atoms with Gasteiger partial charge in [0.15, 0.2) is 0 Å². The SMILES string of the molecule is COC(=O)CC(NC(=O)C(C(C)C)n1cc(COc2ccc3nc(S(N)(=O)=O)sc3c2)nn1)c1ccc(C(F)(F)F)cc1. The maximum absolute atomic E-state index is 13.4. The van der Waals surface area contributed by atoms with E-state index in [-0.39, 0.29) is 28.8 Å². The highest BCUT2D eigenvalue weighted by atomic mass is 32.2. The van der Waals surface area contributed by atoms with Crippen molar-refractivity contribution < 1.29 is 40.7 Å². The lowest BCUT2D eigenvalue weighted by molar-refractivity contribution is -0.141. The summed E-state index contributed by atoms with van der Waals surface area (Å²) in [5.41, 5.74) is 0.245. The van der Waals surface area contributed by atoms with Gasteiger partial charge in [-0.3, -0.25) is 9.59 Å². The topological polar surface area (TPSA) is 168 Å². The number of sulfonamides is 1. The number of hydrogen-bond acceptors (Lipinski definition) is 10. The van der Waals surface area contributed by atoms with Crippen LogP contribution in [0.2, 0.25) is 0 Å². The highest BCUT2D eigenvalue weighted by Crippen LogP contribution is 2.31. The number of nitrogens with one attached hydrogen (secondary N) is 1. The number of methoxy groups -OCH3 is 1. The minimum atomic E-state index is -4.54. The molecule has 2 unspecified atom stereocenters. The summed E-state index contributed by atoms with van der Waals surface area (Å²) >= 11 is 0.905. The van der Waals surface area contributed by atoms with Crippen LogP contribution >= 0.6 is 11.3 Å². The highest BCUT2D eigenvalue weighted by molar-refractivity contribution is 7.91. The molecule has 17 heteroatoms. The molecule has 12 nitrogen and oxygen atoms in total. The third kappa shape index (κ3) is 7.85. The summed E-state index contributed by atoms with van der Waals surface area (Å²) in [5, 5.41) is 16.0. The monoisotopic (exact) mass is 640 g/mol. The lowest BCUT2D eigenvalue weighted by atomic mass is 9.99. The smallest absolute Gasteiger partial charge is 0.416 e. The van der Waals surface area contributed by atoms with E-state index >= 15 is 0 Å². The number of nitrogens with two attached hydrogens (primary N) is 1. The third-order valence-corrected chi connectivity index (χ3v) is 8.61. The summed E-state index contributed by atoms with van der Waals surface area (Å²) in [5.74, 6) is -1.10. The number of primary sulfonamides is 1. The second kappa shape index (κ2) is 12.6. The molecule has 0 saturated carbocycles. The Bertz CT molecular complexity index is 1720. The van der Waals surface area contributed by atoms with Crippen LogP contribution in [-0.4, -0.2) is 47.4 Å². The van der Waals surface area contributed by atoms with Crippen LogP contribution in [0.3, 0.4) is 0 Å². The molecule has 4 aromatic rings. The Morgan fingerprint density at radius 1 is 1.14 bits per heavy atom. The van der Waals surface area contributed by atoms with Crippen molar-refractivity contribution in [2.75, 3.05) is 7.11 Å². The molecule has 0 aliphatic carbocycles. The quantitative estimate of drug-likeness (QED) is 0.232. The number of hydrogen-bond donors (Lipinski definition) is 2. The summed E-state index contributed by atoms with van der Waals surface area (Å²) in [7, 11) is -2.77. The van der Waals surface area contributed by atoms with E-state index in [0.717, 1.165) is 23.5 Å². The first-order valence-electron chi connectivity index (χ1n) is 12.7. The Morgan fingerprint density at radius 2 is 1.84 bits per heavy atom. The Labute approximate surface area is 248 Å². The molecule has 1 amide bonds. The molecule has 2 aromatic heterocycles. The number of benzene rings is 2. The molecule has 0 aliphatic heterocycles. The number of ether oxygens (including phenoxy) is 2. The molecular weight excluding hydrogens is 613 g/mol. The first kappa shape index (κ1) is 31.8. The van der Waals surface area contributed by atoms with E-state index in [0.29, 0.717) is 21.7 Å². The second-order valence-corrected chi connectivity index (χ2v) is 12.5. The molecule has 4 rings (SSSR count). The van der Waals surface area contributed by atoms with E-state index < -0.39 is 45.7 Å². The average molecular weight is 641 g/mol. The Hall–Kier alpha value is -4.09. The standard InChI is InChI=1S/C26H27F3N6O6S2/c1-14(2)23(24(37)31-20(11-22(36)40-3)15-4-6-16(7-5-15)26(27,28)29)35-12-17(33-34-35)13-41-18-8-9-19-21(10-18)42-25(32-19)43(30,38)39/h4-10,12,14,20,23H,11,13H2,1-3H3,(H,31,37)(H2,30,38,39). The molecule has 0 saturated heterocycles. The fraction of sp³-hybridized carbons (Fsp3) is 0.346. The summed E-state index contributed by atoms with van der Waals surface area (Å²) in [6.45, 7) is 3.51. The Kier molecular flexibility index (Phi) is 9.36. The first-order valence-corrected chi connectivity index (χ1v) is 15.0. The van der Waals surface area contributed by atoms with Crippen LogP contribution in [0.25, 0.3) is 10.2 Å². The van der Waals surface area contributed by atoms with Gasteiger partial charge in [-0.15, -0.1) is 16.4 Å². The number of rotatable bonds is 11. The summed E-state index contributed by atoms with van der Waals surface area (Å²) in [4.78, 5) is 29.5. The van der Waals surface area contributed by atoms with Gasteiger partial charge >= 0.3 is 12.1 Å². The molecule has 0 bridgehead atoms. The largest absolute Gasteiger partial charge is 0.487 e. The van der Waals surface area contributed by atoms with Gasteiger partial charge in [-0.1, -0.05) is 31.2 Å². The molecule has 230 valence electrons. The van der Waals surface area contributed by atoms with Crippen molar-refractivity contribution in [3.8, 4) is 5.75 Å². The first-order chi connectivity index (χ1) is 20.2. The Morgan fingerprint density at radius 3 is 2.44 bits per heavy atom. The predicted octanol–water partition coefficient (Wildman–Crippen LogP) is 3.75. The molecule has 2 atom stereocenters. The molecular formula is C26H27F3N6O6S2. The molecule has 2 heterocycles. The fourth-order valence-corrected chi connectivity index (χ4v) is 5.85.